The van der Waals surface area contributed by atoms with E-state index in [0.717, 1.165) is 25.9 Å². The molecule has 132 valence electrons. The van der Waals surface area contributed by atoms with Gasteiger partial charge in [0.2, 0.25) is 0 Å². The van der Waals surface area contributed by atoms with E-state index in [0.29, 0.717) is 36.0 Å². The number of carbonyl (C=O) groups excluding carboxylic acids is 1. The van der Waals surface area contributed by atoms with Gasteiger partial charge in [-0.1, -0.05) is 11.6 Å². The van der Waals surface area contributed by atoms with Crippen LogP contribution in [-0.2, 0) is 9.47 Å². The van der Waals surface area contributed by atoms with Gasteiger partial charge in [0.15, 0.2) is 0 Å². The van der Waals surface area contributed by atoms with E-state index in [-0.39, 0.29) is 17.4 Å². The van der Waals surface area contributed by atoms with Crippen molar-refractivity contribution in [2.75, 3.05) is 40.5 Å². The molecule has 0 spiro atoms. The van der Waals surface area contributed by atoms with Crippen LogP contribution in [0.2, 0.25) is 5.02 Å². The van der Waals surface area contributed by atoms with Crippen LogP contribution in [0.3, 0.4) is 0 Å². The predicted molar refractivity (Wildman–Crippen MR) is 91.8 cm³/mol. The lowest BCUT2D eigenvalue weighted by molar-refractivity contribution is -0.142. The summed E-state index contributed by atoms with van der Waals surface area (Å²) in [5, 5.41) is 0.448. The Kier molecular flexibility index (Phi) is 5.33. The van der Waals surface area contributed by atoms with Crippen molar-refractivity contribution >= 4 is 17.5 Å². The van der Waals surface area contributed by atoms with Gasteiger partial charge in [0, 0.05) is 32.2 Å². The Morgan fingerprint density at radius 3 is 3.04 bits per heavy atom. The van der Waals surface area contributed by atoms with Crippen molar-refractivity contribution in [3.8, 4) is 5.75 Å². The number of piperidine rings is 1. The first-order chi connectivity index (χ1) is 11.6. The van der Waals surface area contributed by atoms with Gasteiger partial charge in [-0.25, -0.2) is 0 Å². The molecule has 1 amide bonds. The number of methoxy groups -OCH3 is 2. The Bertz CT molecular complexity index is 605. The molecule has 2 fully saturated rings. The number of carbonyl (C=O) groups is 1. The average Bonchev–Trinajstić information content (AvgIpc) is 2.61. The zero-order valence-corrected chi connectivity index (χ0v) is 15.0. The maximum absolute atomic E-state index is 13.0. The van der Waals surface area contributed by atoms with Crippen LogP contribution in [0.15, 0.2) is 18.2 Å². The molecule has 0 bridgehead atoms. The molecule has 0 aliphatic carbocycles. The summed E-state index contributed by atoms with van der Waals surface area (Å²) in [6, 6.07) is 5.17. The first-order valence-electron chi connectivity index (χ1n) is 8.33. The number of benzene rings is 1. The number of fused-ring (bicyclic) bond motifs is 1. The largest absolute Gasteiger partial charge is 0.497 e. The first kappa shape index (κ1) is 17.5. The van der Waals surface area contributed by atoms with Gasteiger partial charge in [0.05, 0.1) is 30.4 Å². The highest BCUT2D eigenvalue weighted by molar-refractivity contribution is 6.33. The van der Waals surface area contributed by atoms with Crippen molar-refractivity contribution in [1.29, 1.82) is 0 Å². The van der Waals surface area contributed by atoms with Gasteiger partial charge in [-0.05, 0) is 37.5 Å². The van der Waals surface area contributed by atoms with Gasteiger partial charge >= 0.3 is 0 Å². The minimum atomic E-state index is -0.119. The number of likely N-dealkylation sites (tertiary alicyclic amines) is 1. The lowest BCUT2D eigenvalue weighted by Crippen LogP contribution is -2.58. The van der Waals surface area contributed by atoms with Gasteiger partial charge in [-0.15, -0.1) is 0 Å². The van der Waals surface area contributed by atoms with E-state index in [1.165, 1.54) is 0 Å². The van der Waals surface area contributed by atoms with Crippen LogP contribution in [0.1, 0.15) is 29.6 Å². The van der Waals surface area contributed by atoms with Crippen LogP contribution in [0.25, 0.3) is 0 Å². The third-order valence-corrected chi connectivity index (χ3v) is 5.44. The van der Waals surface area contributed by atoms with E-state index in [1.807, 2.05) is 4.90 Å². The molecule has 24 heavy (non-hydrogen) atoms. The van der Waals surface area contributed by atoms with E-state index < -0.39 is 0 Å². The minimum Gasteiger partial charge on any atom is -0.497 e. The zero-order chi connectivity index (χ0) is 17.2. The van der Waals surface area contributed by atoms with Crippen molar-refractivity contribution in [1.82, 2.24) is 4.90 Å². The molecule has 0 unspecified atom stereocenters. The summed E-state index contributed by atoms with van der Waals surface area (Å²) in [6.45, 7) is 2.71. The van der Waals surface area contributed by atoms with Crippen molar-refractivity contribution in [3.05, 3.63) is 28.8 Å². The molecule has 1 aromatic rings. The molecule has 2 aliphatic heterocycles. The highest BCUT2D eigenvalue weighted by Gasteiger charge is 2.47. The highest BCUT2D eigenvalue weighted by atomic mass is 35.5. The Hall–Kier alpha value is -1.30. The Labute approximate surface area is 147 Å². The number of hydrogen-bond acceptors (Lipinski definition) is 4. The maximum Gasteiger partial charge on any atom is 0.255 e. The van der Waals surface area contributed by atoms with Gasteiger partial charge < -0.3 is 19.1 Å². The number of ether oxygens (including phenoxy) is 3. The fourth-order valence-electron chi connectivity index (χ4n) is 3.93. The summed E-state index contributed by atoms with van der Waals surface area (Å²) >= 11 is 6.25. The number of nitrogens with zero attached hydrogens (tertiary/aromatic N) is 1. The molecule has 5 nitrogen and oxygen atoms in total. The molecule has 0 N–H and O–H groups in total. The zero-order valence-electron chi connectivity index (χ0n) is 14.2. The highest BCUT2D eigenvalue weighted by Crippen LogP contribution is 2.41. The van der Waals surface area contributed by atoms with Gasteiger partial charge in [-0.2, -0.15) is 0 Å². The monoisotopic (exact) mass is 353 g/mol. The van der Waals surface area contributed by atoms with E-state index >= 15 is 0 Å². The molecular formula is C18H24ClNO4. The SMILES string of the molecule is COC[C@@]12CCCO[C@@H]1CCN(C(=O)c1cc(OC)ccc1Cl)C2. The first-order valence-corrected chi connectivity index (χ1v) is 8.71. The summed E-state index contributed by atoms with van der Waals surface area (Å²) in [5.74, 6) is 0.573. The standard InChI is InChI=1S/C18H24ClNO4/c1-22-12-18-7-3-9-24-16(18)6-8-20(11-18)17(21)14-10-13(23-2)4-5-15(14)19/h4-5,10,16H,3,6-9,11-12H2,1-2H3/t16-,18+/m1/s1. The average molecular weight is 354 g/mol. The summed E-state index contributed by atoms with van der Waals surface area (Å²) in [4.78, 5) is 14.9. The van der Waals surface area contributed by atoms with E-state index in [9.17, 15) is 4.79 Å². The number of amides is 1. The molecule has 3 rings (SSSR count). The number of hydrogen-bond donors (Lipinski definition) is 0. The number of rotatable bonds is 4. The summed E-state index contributed by atoms with van der Waals surface area (Å²) < 4.78 is 16.7. The minimum absolute atomic E-state index is 0.0570. The molecule has 0 aromatic heterocycles. The molecule has 0 saturated carbocycles. The third kappa shape index (κ3) is 3.25. The van der Waals surface area contributed by atoms with Gasteiger partial charge in [0.25, 0.3) is 5.91 Å². The second kappa shape index (κ2) is 7.30. The summed E-state index contributed by atoms with van der Waals surface area (Å²) in [6.07, 6.45) is 3.01. The molecule has 2 aliphatic rings. The normalized spacial score (nSPS) is 26.8. The third-order valence-electron chi connectivity index (χ3n) is 5.11. The van der Waals surface area contributed by atoms with E-state index in [1.54, 1.807) is 32.4 Å². The second-order valence-electron chi connectivity index (χ2n) is 6.62. The van der Waals surface area contributed by atoms with E-state index in [4.69, 9.17) is 25.8 Å². The maximum atomic E-state index is 13.0. The lowest BCUT2D eigenvalue weighted by atomic mass is 9.73. The lowest BCUT2D eigenvalue weighted by Gasteiger charge is -2.50. The van der Waals surface area contributed by atoms with Crippen LogP contribution in [0.4, 0.5) is 0 Å². The fourth-order valence-corrected chi connectivity index (χ4v) is 4.13. The van der Waals surface area contributed by atoms with Crippen molar-refractivity contribution in [3.63, 3.8) is 0 Å². The molecule has 1 aromatic carbocycles. The van der Waals surface area contributed by atoms with Crippen LogP contribution in [0.5, 0.6) is 5.75 Å². The van der Waals surface area contributed by atoms with Crippen molar-refractivity contribution in [2.24, 2.45) is 5.41 Å². The quantitative estimate of drug-likeness (QED) is 0.834. The van der Waals surface area contributed by atoms with E-state index in [2.05, 4.69) is 0 Å². The summed E-state index contributed by atoms with van der Waals surface area (Å²) in [7, 11) is 3.29. The topological polar surface area (TPSA) is 48.0 Å². The Balaban J connectivity index is 1.83. The molecule has 2 atom stereocenters. The van der Waals surface area contributed by atoms with Crippen LogP contribution in [0, 0.1) is 5.41 Å². The van der Waals surface area contributed by atoms with Crippen molar-refractivity contribution in [2.45, 2.75) is 25.4 Å². The smallest absolute Gasteiger partial charge is 0.255 e. The Morgan fingerprint density at radius 2 is 2.29 bits per heavy atom. The molecule has 2 heterocycles. The van der Waals surface area contributed by atoms with Crippen molar-refractivity contribution < 1.29 is 19.0 Å². The second-order valence-corrected chi connectivity index (χ2v) is 7.03. The molecular weight excluding hydrogens is 330 g/mol. The van der Waals surface area contributed by atoms with Gasteiger partial charge in [0.1, 0.15) is 5.75 Å². The Morgan fingerprint density at radius 1 is 1.46 bits per heavy atom. The number of halogens is 1. The molecule has 6 heteroatoms. The summed E-state index contributed by atoms with van der Waals surface area (Å²) in [5.41, 5.74) is 0.366. The molecule has 2 saturated heterocycles. The van der Waals surface area contributed by atoms with Crippen LogP contribution < -0.4 is 4.74 Å². The van der Waals surface area contributed by atoms with Gasteiger partial charge in [-0.3, -0.25) is 4.79 Å². The van der Waals surface area contributed by atoms with Crippen LogP contribution >= 0.6 is 11.6 Å². The van der Waals surface area contributed by atoms with Crippen LogP contribution in [-0.4, -0.2) is 57.4 Å². The fraction of sp³-hybridized carbons (Fsp3) is 0.611. The predicted octanol–water partition coefficient (Wildman–Crippen LogP) is 3.01. The molecule has 0 radical (unpaired) electrons.